The minimum atomic E-state index is -0.711. The van der Waals surface area contributed by atoms with Crippen LogP contribution in [0, 0.1) is 5.92 Å². The minimum Gasteiger partial charge on any atom is -0.454 e. The molecule has 2 aliphatic rings. The Bertz CT molecular complexity index is 458. The summed E-state index contributed by atoms with van der Waals surface area (Å²) in [5.41, 5.74) is 1.79. The number of hydrogen-bond donors (Lipinski definition) is 0. The van der Waals surface area contributed by atoms with E-state index in [1.165, 1.54) is 0 Å². The van der Waals surface area contributed by atoms with Gasteiger partial charge in [0.2, 0.25) is 0 Å². The van der Waals surface area contributed by atoms with Crippen LogP contribution in [-0.2, 0) is 14.3 Å². The summed E-state index contributed by atoms with van der Waals surface area (Å²) in [5.74, 6) is -0.545. The summed E-state index contributed by atoms with van der Waals surface area (Å²) < 4.78 is 5.47. The first-order valence-corrected chi connectivity index (χ1v) is 6.57. The topological polar surface area (TPSA) is 43.4 Å². The number of esters is 1. The molecule has 1 aliphatic heterocycles. The predicted octanol–water partition coefficient (Wildman–Crippen LogP) is 2.95. The minimum absolute atomic E-state index is 0.0435. The van der Waals surface area contributed by atoms with E-state index in [0.29, 0.717) is 0 Å². The molecule has 0 spiro atoms. The maximum absolute atomic E-state index is 12.4. The fourth-order valence-corrected chi connectivity index (χ4v) is 3.09. The van der Waals surface area contributed by atoms with Gasteiger partial charge in [0.1, 0.15) is 5.60 Å². The van der Waals surface area contributed by atoms with Crippen LogP contribution in [0.2, 0.25) is 0 Å². The molecule has 0 unspecified atom stereocenters. The van der Waals surface area contributed by atoms with E-state index in [1.54, 1.807) is 0 Å². The molecule has 18 heavy (non-hydrogen) atoms. The molecule has 1 saturated heterocycles. The monoisotopic (exact) mass is 248 g/mol. The molecule has 0 aromatic carbocycles. The van der Waals surface area contributed by atoms with E-state index in [-0.39, 0.29) is 24.1 Å². The molecule has 0 N–H and O–H groups in total. The molecule has 0 aromatic heterocycles. The van der Waals surface area contributed by atoms with E-state index in [9.17, 15) is 9.59 Å². The lowest BCUT2D eigenvalue weighted by Crippen LogP contribution is -2.32. The summed E-state index contributed by atoms with van der Waals surface area (Å²) in [6, 6.07) is 0. The highest BCUT2D eigenvalue weighted by molar-refractivity contribution is 6.08. The number of fused-ring (bicyclic) bond motifs is 1. The molecule has 0 bridgehead atoms. The molecule has 98 valence electrons. The van der Waals surface area contributed by atoms with Crippen molar-refractivity contribution in [2.75, 3.05) is 0 Å². The van der Waals surface area contributed by atoms with Crippen LogP contribution in [-0.4, -0.2) is 17.4 Å². The Hall–Kier alpha value is -1.38. The second kappa shape index (κ2) is 4.38. The van der Waals surface area contributed by atoms with Crippen molar-refractivity contribution in [3.8, 4) is 0 Å². The lowest BCUT2D eigenvalue weighted by Gasteiger charge is -2.25. The van der Waals surface area contributed by atoms with Crippen LogP contribution in [0.15, 0.2) is 23.3 Å². The number of carbonyl (C=O) groups excluding carboxylic acids is 2. The van der Waals surface area contributed by atoms with Crippen molar-refractivity contribution in [3.05, 3.63) is 23.3 Å². The molecule has 3 heteroatoms. The van der Waals surface area contributed by atoms with Gasteiger partial charge in [-0.3, -0.25) is 9.59 Å². The summed E-state index contributed by atoms with van der Waals surface area (Å²) in [5, 5.41) is 0. The van der Waals surface area contributed by atoms with Crippen molar-refractivity contribution in [1.82, 2.24) is 0 Å². The third kappa shape index (κ3) is 1.73. The van der Waals surface area contributed by atoms with Gasteiger partial charge < -0.3 is 4.74 Å². The van der Waals surface area contributed by atoms with Gasteiger partial charge >= 0.3 is 5.97 Å². The summed E-state index contributed by atoms with van der Waals surface area (Å²) in [4.78, 5) is 23.9. The quantitative estimate of drug-likeness (QED) is 0.718. The van der Waals surface area contributed by atoms with E-state index in [0.717, 1.165) is 36.0 Å². The smallest absolute Gasteiger partial charge is 0.307 e. The zero-order chi connectivity index (χ0) is 13.5. The maximum Gasteiger partial charge on any atom is 0.307 e. The lowest BCUT2D eigenvalue weighted by atomic mass is 9.85. The Kier molecular flexibility index (Phi) is 3.18. The van der Waals surface area contributed by atoms with E-state index < -0.39 is 5.60 Å². The van der Waals surface area contributed by atoms with Crippen LogP contribution in [0.25, 0.3) is 0 Å². The molecule has 2 rings (SSSR count). The van der Waals surface area contributed by atoms with Crippen LogP contribution in [0.5, 0.6) is 0 Å². The predicted molar refractivity (Wildman–Crippen MR) is 69.0 cm³/mol. The molecule has 1 heterocycles. The molecule has 1 fully saturated rings. The largest absolute Gasteiger partial charge is 0.454 e. The fraction of sp³-hybridized carbons (Fsp3) is 0.600. The van der Waals surface area contributed by atoms with Gasteiger partial charge in [-0.15, -0.1) is 0 Å². The molecule has 0 amide bonds. The van der Waals surface area contributed by atoms with Crippen LogP contribution in [0.3, 0.4) is 0 Å². The van der Waals surface area contributed by atoms with Crippen molar-refractivity contribution >= 4 is 11.8 Å². The summed E-state index contributed by atoms with van der Waals surface area (Å²) in [7, 11) is 0. The van der Waals surface area contributed by atoms with Crippen molar-refractivity contribution in [3.63, 3.8) is 0 Å². The van der Waals surface area contributed by atoms with Crippen molar-refractivity contribution in [2.24, 2.45) is 5.92 Å². The van der Waals surface area contributed by atoms with Gasteiger partial charge in [-0.25, -0.2) is 0 Å². The summed E-state index contributed by atoms with van der Waals surface area (Å²) >= 11 is 0. The number of unbranched alkanes of at least 4 members (excludes halogenated alkanes) is 1. The Morgan fingerprint density at radius 1 is 1.50 bits per heavy atom. The summed E-state index contributed by atoms with van der Waals surface area (Å²) in [6.07, 6.45) is 3.07. The molecule has 0 saturated carbocycles. The number of ether oxygens (including phenoxy) is 1. The third-order valence-electron chi connectivity index (χ3n) is 4.03. The Morgan fingerprint density at radius 2 is 2.17 bits per heavy atom. The molecule has 3 nitrogen and oxygen atoms in total. The van der Waals surface area contributed by atoms with Crippen LogP contribution < -0.4 is 0 Å². The fourth-order valence-electron chi connectivity index (χ4n) is 3.09. The zero-order valence-corrected chi connectivity index (χ0v) is 11.3. The van der Waals surface area contributed by atoms with Gasteiger partial charge in [-0.2, -0.15) is 0 Å². The van der Waals surface area contributed by atoms with Crippen molar-refractivity contribution in [1.29, 1.82) is 0 Å². The normalized spacial score (nSPS) is 30.7. The number of hydrogen-bond acceptors (Lipinski definition) is 3. The standard InChI is InChI=1S/C15H20O3/c1-5-6-7-10-13(9(2)3)14(17)11-8-12(16)18-15(10,11)4/h11H,2,5-8H2,1,3-4H3/t11-,15+/m0/s1. The van der Waals surface area contributed by atoms with Gasteiger partial charge in [-0.05, 0) is 37.8 Å². The van der Waals surface area contributed by atoms with Gasteiger partial charge in [0.25, 0.3) is 0 Å². The number of rotatable bonds is 4. The first-order chi connectivity index (χ1) is 8.41. The third-order valence-corrected chi connectivity index (χ3v) is 4.03. The second-order valence-electron chi connectivity index (χ2n) is 5.44. The lowest BCUT2D eigenvalue weighted by molar-refractivity contribution is -0.145. The summed E-state index contributed by atoms with van der Waals surface area (Å²) in [6.45, 7) is 9.74. The molecule has 0 aromatic rings. The highest BCUT2D eigenvalue weighted by Crippen LogP contribution is 2.50. The van der Waals surface area contributed by atoms with Crippen molar-refractivity contribution in [2.45, 2.75) is 52.1 Å². The maximum atomic E-state index is 12.4. The zero-order valence-electron chi connectivity index (χ0n) is 11.3. The molecule has 2 atom stereocenters. The molecular weight excluding hydrogens is 228 g/mol. The highest BCUT2D eigenvalue weighted by atomic mass is 16.6. The SMILES string of the molecule is C=C(C)C1=C(CCCC)[C@@]2(C)OC(=O)C[C@H]2C1=O. The Labute approximate surface area is 108 Å². The van der Waals surface area contributed by atoms with E-state index in [2.05, 4.69) is 13.5 Å². The number of allylic oxidation sites excluding steroid dienone is 2. The van der Waals surface area contributed by atoms with Gasteiger partial charge in [0.15, 0.2) is 5.78 Å². The van der Waals surface area contributed by atoms with Crippen LogP contribution in [0.1, 0.15) is 46.5 Å². The number of ketones is 1. The second-order valence-corrected chi connectivity index (χ2v) is 5.44. The van der Waals surface area contributed by atoms with Gasteiger partial charge in [0.05, 0.1) is 12.3 Å². The average Bonchev–Trinajstić information content (AvgIpc) is 2.67. The number of carbonyl (C=O) groups is 2. The van der Waals surface area contributed by atoms with Gasteiger partial charge in [0, 0.05) is 5.57 Å². The van der Waals surface area contributed by atoms with Crippen LogP contribution >= 0.6 is 0 Å². The first kappa shape index (κ1) is 13.1. The van der Waals surface area contributed by atoms with Crippen molar-refractivity contribution < 1.29 is 14.3 Å². The average molecular weight is 248 g/mol. The molecule has 1 aliphatic carbocycles. The molecular formula is C15H20O3. The Morgan fingerprint density at radius 3 is 2.72 bits per heavy atom. The highest BCUT2D eigenvalue weighted by Gasteiger charge is 2.57. The Balaban J connectivity index is 2.46. The van der Waals surface area contributed by atoms with E-state index in [4.69, 9.17) is 4.74 Å². The van der Waals surface area contributed by atoms with Gasteiger partial charge in [-0.1, -0.05) is 19.9 Å². The number of Topliss-reactive ketones (excluding diaryl/α,β-unsaturated/α-hetero) is 1. The van der Waals surface area contributed by atoms with E-state index in [1.807, 2.05) is 13.8 Å². The van der Waals surface area contributed by atoms with E-state index >= 15 is 0 Å². The van der Waals surface area contributed by atoms with Crippen LogP contribution in [0.4, 0.5) is 0 Å². The molecule has 0 radical (unpaired) electrons. The first-order valence-electron chi connectivity index (χ1n) is 6.57.